The van der Waals surface area contributed by atoms with E-state index < -0.39 is 0 Å². The van der Waals surface area contributed by atoms with Gasteiger partial charge in [-0.3, -0.25) is 4.79 Å². The maximum Gasteiger partial charge on any atom is 0.306 e. The SMILES string of the molecule is CC(C)OC(=O)CCCNCc1ccccc1. The zero-order valence-electron chi connectivity index (χ0n) is 10.6. The van der Waals surface area contributed by atoms with Gasteiger partial charge in [-0.05, 0) is 32.4 Å². The molecular formula is C14H21NO2. The number of hydrogen-bond acceptors (Lipinski definition) is 3. The van der Waals surface area contributed by atoms with Crippen molar-refractivity contribution in [1.82, 2.24) is 5.32 Å². The summed E-state index contributed by atoms with van der Waals surface area (Å²) in [6.07, 6.45) is 1.29. The van der Waals surface area contributed by atoms with Gasteiger partial charge in [0.1, 0.15) is 0 Å². The number of ether oxygens (including phenoxy) is 1. The molecule has 0 atom stereocenters. The van der Waals surface area contributed by atoms with Crippen molar-refractivity contribution in [3.63, 3.8) is 0 Å². The minimum absolute atomic E-state index is 0.0141. The second-order valence-corrected chi connectivity index (χ2v) is 4.30. The van der Waals surface area contributed by atoms with Crippen LogP contribution in [0.5, 0.6) is 0 Å². The summed E-state index contributed by atoms with van der Waals surface area (Å²) >= 11 is 0. The van der Waals surface area contributed by atoms with Crippen molar-refractivity contribution in [2.75, 3.05) is 6.54 Å². The van der Waals surface area contributed by atoms with E-state index in [2.05, 4.69) is 17.4 Å². The zero-order valence-corrected chi connectivity index (χ0v) is 10.6. The third-order valence-corrected chi connectivity index (χ3v) is 2.27. The molecular weight excluding hydrogens is 214 g/mol. The molecule has 0 saturated heterocycles. The average molecular weight is 235 g/mol. The standard InChI is InChI=1S/C14H21NO2/c1-12(2)17-14(16)9-6-10-15-11-13-7-4-3-5-8-13/h3-5,7-8,12,15H,6,9-11H2,1-2H3. The second kappa shape index (κ2) is 7.85. The first-order chi connectivity index (χ1) is 8.18. The molecule has 0 spiro atoms. The fourth-order valence-electron chi connectivity index (χ4n) is 1.51. The van der Waals surface area contributed by atoms with Gasteiger partial charge in [0.2, 0.25) is 0 Å². The summed E-state index contributed by atoms with van der Waals surface area (Å²) < 4.78 is 5.05. The van der Waals surface area contributed by atoms with Gasteiger partial charge in [0.05, 0.1) is 6.10 Å². The van der Waals surface area contributed by atoms with Crippen LogP contribution in [0.3, 0.4) is 0 Å². The van der Waals surface area contributed by atoms with Crippen LogP contribution in [0.15, 0.2) is 30.3 Å². The lowest BCUT2D eigenvalue weighted by Crippen LogP contribution is -2.17. The first-order valence-corrected chi connectivity index (χ1v) is 6.12. The van der Waals surface area contributed by atoms with Gasteiger partial charge in [0.25, 0.3) is 0 Å². The van der Waals surface area contributed by atoms with Gasteiger partial charge in [-0.2, -0.15) is 0 Å². The monoisotopic (exact) mass is 235 g/mol. The van der Waals surface area contributed by atoms with Crippen molar-refractivity contribution >= 4 is 5.97 Å². The highest BCUT2D eigenvalue weighted by Crippen LogP contribution is 1.99. The van der Waals surface area contributed by atoms with E-state index in [0.717, 1.165) is 19.5 Å². The number of carbonyl (C=O) groups excluding carboxylic acids is 1. The van der Waals surface area contributed by atoms with E-state index in [0.29, 0.717) is 6.42 Å². The molecule has 3 nitrogen and oxygen atoms in total. The molecule has 0 amide bonds. The van der Waals surface area contributed by atoms with Gasteiger partial charge in [-0.25, -0.2) is 0 Å². The molecule has 1 N–H and O–H groups in total. The minimum Gasteiger partial charge on any atom is -0.463 e. The van der Waals surface area contributed by atoms with Gasteiger partial charge in [0.15, 0.2) is 0 Å². The maximum absolute atomic E-state index is 11.2. The molecule has 1 aromatic carbocycles. The van der Waals surface area contributed by atoms with Crippen molar-refractivity contribution in [2.45, 2.75) is 39.3 Å². The topological polar surface area (TPSA) is 38.3 Å². The quantitative estimate of drug-likeness (QED) is 0.583. The molecule has 1 rings (SSSR count). The first-order valence-electron chi connectivity index (χ1n) is 6.12. The van der Waals surface area contributed by atoms with Gasteiger partial charge in [-0.1, -0.05) is 30.3 Å². The third kappa shape index (κ3) is 6.74. The van der Waals surface area contributed by atoms with E-state index in [1.165, 1.54) is 5.56 Å². The van der Waals surface area contributed by atoms with Crippen molar-refractivity contribution in [2.24, 2.45) is 0 Å². The van der Waals surface area contributed by atoms with Gasteiger partial charge < -0.3 is 10.1 Å². The van der Waals surface area contributed by atoms with Gasteiger partial charge in [0, 0.05) is 13.0 Å². The lowest BCUT2D eigenvalue weighted by atomic mass is 10.2. The minimum atomic E-state index is -0.110. The summed E-state index contributed by atoms with van der Waals surface area (Å²) in [5, 5.41) is 3.30. The molecule has 0 unspecified atom stereocenters. The van der Waals surface area contributed by atoms with E-state index in [9.17, 15) is 4.79 Å². The Morgan fingerprint density at radius 3 is 2.65 bits per heavy atom. The Morgan fingerprint density at radius 2 is 2.00 bits per heavy atom. The van der Waals surface area contributed by atoms with Crippen molar-refractivity contribution < 1.29 is 9.53 Å². The molecule has 0 radical (unpaired) electrons. The predicted molar refractivity (Wildman–Crippen MR) is 68.6 cm³/mol. The van der Waals surface area contributed by atoms with Crippen LogP contribution in [-0.2, 0) is 16.1 Å². The Bertz CT molecular complexity index is 322. The second-order valence-electron chi connectivity index (χ2n) is 4.30. The van der Waals surface area contributed by atoms with Crippen LogP contribution in [0.2, 0.25) is 0 Å². The van der Waals surface area contributed by atoms with Gasteiger partial charge >= 0.3 is 5.97 Å². The molecule has 0 bridgehead atoms. The van der Waals surface area contributed by atoms with E-state index >= 15 is 0 Å². The highest BCUT2D eigenvalue weighted by Gasteiger charge is 2.04. The van der Waals surface area contributed by atoms with Crippen molar-refractivity contribution in [3.05, 3.63) is 35.9 Å². The van der Waals surface area contributed by atoms with Crippen LogP contribution in [-0.4, -0.2) is 18.6 Å². The largest absolute Gasteiger partial charge is 0.463 e. The molecule has 3 heteroatoms. The zero-order chi connectivity index (χ0) is 12.5. The Labute approximate surface area is 103 Å². The smallest absolute Gasteiger partial charge is 0.306 e. The summed E-state index contributed by atoms with van der Waals surface area (Å²) in [4.78, 5) is 11.2. The summed E-state index contributed by atoms with van der Waals surface area (Å²) in [5.41, 5.74) is 1.26. The Hall–Kier alpha value is -1.35. The van der Waals surface area contributed by atoms with E-state index in [4.69, 9.17) is 4.74 Å². The van der Waals surface area contributed by atoms with Crippen LogP contribution in [0.4, 0.5) is 0 Å². The number of hydrogen-bond donors (Lipinski definition) is 1. The Kier molecular flexibility index (Phi) is 6.33. The fourth-order valence-corrected chi connectivity index (χ4v) is 1.51. The summed E-state index contributed by atoms with van der Waals surface area (Å²) in [6, 6.07) is 10.2. The molecule has 0 aromatic heterocycles. The lowest BCUT2D eigenvalue weighted by molar-refractivity contribution is -0.147. The first kappa shape index (κ1) is 13.7. The van der Waals surface area contributed by atoms with E-state index in [1.54, 1.807) is 0 Å². The average Bonchev–Trinajstić information content (AvgIpc) is 2.29. The maximum atomic E-state index is 11.2. The number of carbonyl (C=O) groups is 1. The number of rotatable bonds is 7. The fraction of sp³-hybridized carbons (Fsp3) is 0.500. The van der Waals surface area contributed by atoms with Gasteiger partial charge in [-0.15, -0.1) is 0 Å². The van der Waals surface area contributed by atoms with Crippen molar-refractivity contribution in [1.29, 1.82) is 0 Å². The molecule has 94 valence electrons. The predicted octanol–water partition coefficient (Wildman–Crippen LogP) is 2.51. The summed E-state index contributed by atoms with van der Waals surface area (Å²) in [6.45, 7) is 5.42. The molecule has 0 aliphatic heterocycles. The van der Waals surface area contributed by atoms with Crippen LogP contribution in [0.25, 0.3) is 0 Å². The van der Waals surface area contributed by atoms with Crippen LogP contribution in [0, 0.1) is 0 Å². The molecule has 17 heavy (non-hydrogen) atoms. The molecule has 0 aliphatic rings. The number of esters is 1. The normalized spacial score (nSPS) is 10.5. The summed E-state index contributed by atoms with van der Waals surface area (Å²) in [7, 11) is 0. The Morgan fingerprint density at radius 1 is 1.29 bits per heavy atom. The lowest BCUT2D eigenvalue weighted by Gasteiger charge is -2.08. The van der Waals surface area contributed by atoms with Crippen molar-refractivity contribution in [3.8, 4) is 0 Å². The molecule has 0 heterocycles. The Balaban J connectivity index is 2.03. The molecule has 0 fully saturated rings. The summed E-state index contributed by atoms with van der Waals surface area (Å²) in [5.74, 6) is -0.110. The molecule has 0 aliphatic carbocycles. The van der Waals surface area contributed by atoms with Crippen LogP contribution >= 0.6 is 0 Å². The number of benzene rings is 1. The van der Waals surface area contributed by atoms with Crippen LogP contribution < -0.4 is 5.32 Å². The third-order valence-electron chi connectivity index (χ3n) is 2.27. The molecule has 0 saturated carbocycles. The van der Waals surface area contributed by atoms with E-state index in [1.807, 2.05) is 32.0 Å². The van der Waals surface area contributed by atoms with Crippen LogP contribution in [0.1, 0.15) is 32.3 Å². The highest BCUT2D eigenvalue weighted by atomic mass is 16.5. The van der Waals surface area contributed by atoms with E-state index in [-0.39, 0.29) is 12.1 Å². The highest BCUT2D eigenvalue weighted by molar-refractivity contribution is 5.69. The number of nitrogens with one attached hydrogen (secondary N) is 1. The molecule has 1 aromatic rings.